The minimum Gasteiger partial charge on any atom is -0.493 e. The van der Waals surface area contributed by atoms with E-state index in [1.54, 1.807) is 20.3 Å². The highest BCUT2D eigenvalue weighted by atomic mass is 16.5. The molecule has 0 aliphatic heterocycles. The Labute approximate surface area is 322 Å². The molecule has 3 aromatic heterocycles. The molecule has 8 nitrogen and oxygen atoms in total. The van der Waals surface area contributed by atoms with Crippen molar-refractivity contribution < 1.29 is 28.1 Å². The van der Waals surface area contributed by atoms with Crippen LogP contribution >= 0.6 is 0 Å². The Morgan fingerprint density at radius 3 is 1.79 bits per heavy atom. The zero-order valence-electron chi connectivity index (χ0n) is 30.9. The lowest BCUT2D eigenvalue weighted by atomic mass is 9.98. The lowest BCUT2D eigenvalue weighted by Crippen LogP contribution is -2.03. The lowest BCUT2D eigenvalue weighted by molar-refractivity contribution is 0.284. The van der Waals surface area contributed by atoms with Crippen molar-refractivity contribution >= 4 is 38.2 Å². The van der Waals surface area contributed by atoms with E-state index in [0.29, 0.717) is 59.7 Å². The number of fused-ring (bicyclic) bond motifs is 7. The third-order valence-corrected chi connectivity index (χ3v) is 9.99. The zero-order valence-corrected chi connectivity index (χ0v) is 30.9. The Morgan fingerprint density at radius 2 is 1.14 bits per heavy atom. The van der Waals surface area contributed by atoms with Crippen molar-refractivity contribution in [1.82, 2.24) is 4.40 Å². The number of nitrogens with zero attached hydrogens (tertiary/aromatic N) is 1. The van der Waals surface area contributed by atoms with Crippen molar-refractivity contribution in [1.29, 1.82) is 0 Å². The maximum atomic E-state index is 14.2. The van der Waals surface area contributed by atoms with E-state index in [0.717, 1.165) is 54.9 Å². The van der Waals surface area contributed by atoms with Crippen LogP contribution in [0.25, 0.3) is 49.3 Å². The standard InChI is InChI=1S/C48H37NO7/c1-51-41-25-35(18-21-39(41)54-29-32-14-8-4-9-15-32)44-45-37-20-19-36(53-28-31-12-6-3-7-13-31)26-40(37)56-48(50)47(45)49-23-22-34-24-43(42(52-2)27-38(34)46(44)49)55-30-33-16-10-5-11-17-33/h3-27H,28-30H2,1-2H3. The molecule has 0 radical (unpaired) electrons. The molecule has 0 spiro atoms. The summed E-state index contributed by atoms with van der Waals surface area (Å²) in [7, 11) is 3.26. The summed E-state index contributed by atoms with van der Waals surface area (Å²) in [6.45, 7) is 1.14. The van der Waals surface area contributed by atoms with E-state index >= 15 is 0 Å². The number of rotatable bonds is 12. The molecular formula is C48H37NO7. The highest BCUT2D eigenvalue weighted by Gasteiger charge is 2.24. The summed E-state index contributed by atoms with van der Waals surface area (Å²) in [5, 5.41) is 3.27. The second-order valence-corrected chi connectivity index (χ2v) is 13.5. The summed E-state index contributed by atoms with van der Waals surface area (Å²) in [4.78, 5) is 14.2. The van der Waals surface area contributed by atoms with Gasteiger partial charge in [0.1, 0.15) is 36.7 Å². The van der Waals surface area contributed by atoms with Crippen molar-refractivity contribution in [2.45, 2.75) is 19.8 Å². The third-order valence-electron chi connectivity index (χ3n) is 9.99. The number of methoxy groups -OCH3 is 2. The molecule has 9 rings (SSSR count). The SMILES string of the molecule is COc1cc(-c2c3c4ccc(OCc5ccccc5)cc4oc(=O)c3n3ccc4cc(OCc5ccccc5)c(OC)cc4c23)ccc1OCc1ccccc1. The average molecular weight is 740 g/mol. The summed E-state index contributed by atoms with van der Waals surface area (Å²) in [5.41, 5.74) is 5.93. The quantitative estimate of drug-likeness (QED) is 0.115. The second kappa shape index (κ2) is 14.9. The van der Waals surface area contributed by atoms with Crippen LogP contribution in [0.2, 0.25) is 0 Å². The molecule has 0 fully saturated rings. The minimum absolute atomic E-state index is 0.379. The van der Waals surface area contributed by atoms with E-state index in [-0.39, 0.29) is 0 Å². The summed E-state index contributed by atoms with van der Waals surface area (Å²) >= 11 is 0. The third kappa shape index (κ3) is 6.51. The van der Waals surface area contributed by atoms with Gasteiger partial charge in [0.25, 0.3) is 0 Å². The van der Waals surface area contributed by atoms with E-state index < -0.39 is 5.63 Å². The molecular weight excluding hydrogens is 703 g/mol. The summed E-state index contributed by atoms with van der Waals surface area (Å²) in [6.07, 6.45) is 1.91. The van der Waals surface area contributed by atoms with E-state index in [2.05, 4.69) is 0 Å². The van der Waals surface area contributed by atoms with Gasteiger partial charge < -0.3 is 32.5 Å². The molecule has 0 saturated heterocycles. The van der Waals surface area contributed by atoms with Crippen LogP contribution in [-0.2, 0) is 19.8 Å². The molecule has 0 atom stereocenters. The van der Waals surface area contributed by atoms with Crippen molar-refractivity contribution in [3.63, 3.8) is 0 Å². The largest absolute Gasteiger partial charge is 0.493 e. The number of aromatic nitrogens is 1. The first-order valence-electron chi connectivity index (χ1n) is 18.3. The van der Waals surface area contributed by atoms with Crippen LogP contribution in [0.15, 0.2) is 161 Å². The first-order chi connectivity index (χ1) is 27.6. The van der Waals surface area contributed by atoms with E-state index in [4.69, 9.17) is 28.1 Å². The molecule has 0 aliphatic rings. The van der Waals surface area contributed by atoms with E-state index in [9.17, 15) is 4.79 Å². The van der Waals surface area contributed by atoms with Crippen LogP contribution in [0.3, 0.4) is 0 Å². The fourth-order valence-corrected chi connectivity index (χ4v) is 7.28. The summed E-state index contributed by atoms with van der Waals surface area (Å²) in [6, 6.07) is 47.4. The van der Waals surface area contributed by atoms with Gasteiger partial charge in [0.05, 0.1) is 19.7 Å². The molecule has 0 amide bonds. The Hall–Kier alpha value is -7.19. The zero-order chi connectivity index (χ0) is 38.0. The lowest BCUT2D eigenvalue weighted by Gasteiger charge is -2.15. The molecule has 0 bridgehead atoms. The monoisotopic (exact) mass is 739 g/mol. The van der Waals surface area contributed by atoms with Crippen molar-refractivity contribution in [3.05, 3.63) is 179 Å². The molecule has 8 heteroatoms. The van der Waals surface area contributed by atoms with Crippen LogP contribution in [0.1, 0.15) is 16.7 Å². The number of pyridine rings is 1. The van der Waals surface area contributed by atoms with Crippen LogP contribution in [-0.4, -0.2) is 18.6 Å². The summed E-state index contributed by atoms with van der Waals surface area (Å²) < 4.78 is 38.5. The van der Waals surface area contributed by atoms with Crippen molar-refractivity contribution in [2.75, 3.05) is 14.2 Å². The van der Waals surface area contributed by atoms with Gasteiger partial charge in [-0.2, -0.15) is 0 Å². The van der Waals surface area contributed by atoms with Crippen LogP contribution in [0, 0.1) is 0 Å². The fraction of sp³-hybridized carbons (Fsp3) is 0.104. The normalized spacial score (nSPS) is 11.3. The number of hydrogen-bond acceptors (Lipinski definition) is 7. The van der Waals surface area contributed by atoms with Gasteiger partial charge in [0.2, 0.25) is 0 Å². The Bertz CT molecular complexity index is 2900. The predicted octanol–water partition coefficient (Wildman–Crippen LogP) is 10.8. The first kappa shape index (κ1) is 34.6. The Balaban J connectivity index is 1.24. The Kier molecular flexibility index (Phi) is 9.21. The van der Waals surface area contributed by atoms with E-state index in [1.807, 2.05) is 150 Å². The average Bonchev–Trinajstić information content (AvgIpc) is 3.61. The highest BCUT2D eigenvalue weighted by Crippen LogP contribution is 2.45. The number of benzene rings is 6. The maximum Gasteiger partial charge on any atom is 0.361 e. The number of hydrogen-bond donors (Lipinski definition) is 0. The van der Waals surface area contributed by atoms with Crippen molar-refractivity contribution in [3.8, 4) is 39.9 Å². The molecule has 0 aliphatic carbocycles. The van der Waals surface area contributed by atoms with Gasteiger partial charge in [-0.1, -0.05) is 97.1 Å². The molecule has 0 unspecified atom stereocenters. The van der Waals surface area contributed by atoms with Gasteiger partial charge in [-0.3, -0.25) is 0 Å². The molecule has 6 aromatic carbocycles. The Morgan fingerprint density at radius 1 is 0.536 bits per heavy atom. The van der Waals surface area contributed by atoms with Crippen molar-refractivity contribution in [2.24, 2.45) is 0 Å². The number of ether oxygens (including phenoxy) is 5. The van der Waals surface area contributed by atoms with Gasteiger partial charge in [-0.25, -0.2) is 4.79 Å². The fourth-order valence-electron chi connectivity index (χ4n) is 7.28. The molecule has 276 valence electrons. The molecule has 56 heavy (non-hydrogen) atoms. The molecule has 0 saturated carbocycles. The molecule has 9 aromatic rings. The maximum absolute atomic E-state index is 14.2. The second-order valence-electron chi connectivity index (χ2n) is 13.5. The van der Waals surface area contributed by atoms with Gasteiger partial charge >= 0.3 is 5.63 Å². The molecule has 3 heterocycles. The van der Waals surface area contributed by atoms with Crippen LogP contribution in [0.4, 0.5) is 0 Å². The van der Waals surface area contributed by atoms with E-state index in [1.165, 1.54) is 0 Å². The predicted molar refractivity (Wildman–Crippen MR) is 219 cm³/mol. The van der Waals surface area contributed by atoms with Gasteiger partial charge in [-0.15, -0.1) is 0 Å². The van der Waals surface area contributed by atoms with Crippen LogP contribution in [0.5, 0.6) is 28.7 Å². The van der Waals surface area contributed by atoms with Crippen LogP contribution < -0.4 is 29.3 Å². The van der Waals surface area contributed by atoms with Gasteiger partial charge in [-0.05, 0) is 70.1 Å². The topological polar surface area (TPSA) is 80.8 Å². The first-order valence-corrected chi connectivity index (χ1v) is 18.3. The highest BCUT2D eigenvalue weighted by molar-refractivity contribution is 6.21. The smallest absolute Gasteiger partial charge is 0.361 e. The molecule has 0 N–H and O–H groups in total. The summed E-state index contributed by atoms with van der Waals surface area (Å²) in [5.74, 6) is 2.93. The van der Waals surface area contributed by atoms with Gasteiger partial charge in [0.15, 0.2) is 23.0 Å². The minimum atomic E-state index is -0.474. The van der Waals surface area contributed by atoms with Gasteiger partial charge in [0, 0.05) is 34.0 Å².